The molecule has 2 amide bonds. The quantitative estimate of drug-likeness (QED) is 0.812. The first-order chi connectivity index (χ1) is 10.0. The molecular weight excluding hydrogens is 358 g/mol. The highest BCUT2D eigenvalue weighted by Gasteiger charge is 2.13. The van der Waals surface area contributed by atoms with Gasteiger partial charge in [-0.2, -0.15) is 0 Å². The highest BCUT2D eigenvalue weighted by molar-refractivity contribution is 9.10. The van der Waals surface area contributed by atoms with Crippen LogP contribution in [-0.2, 0) is 4.79 Å². The molecule has 0 unspecified atom stereocenters. The predicted octanol–water partition coefficient (Wildman–Crippen LogP) is 2.52. The van der Waals surface area contributed by atoms with Gasteiger partial charge in [0.05, 0.1) is 5.02 Å². The van der Waals surface area contributed by atoms with Crippen molar-refractivity contribution in [2.45, 2.75) is 6.92 Å². The highest BCUT2D eigenvalue weighted by atomic mass is 79.9. The van der Waals surface area contributed by atoms with Gasteiger partial charge in [-0.05, 0) is 28.1 Å². The van der Waals surface area contributed by atoms with Crippen molar-refractivity contribution in [1.29, 1.82) is 0 Å². The molecule has 1 aromatic heterocycles. The van der Waals surface area contributed by atoms with E-state index in [2.05, 4.69) is 31.5 Å². The normalized spacial score (nSPS) is 10.4. The molecule has 0 aliphatic rings. The Morgan fingerprint density at radius 2 is 1.90 bits per heavy atom. The maximum atomic E-state index is 12.2. The number of halogens is 2. The molecule has 1 heterocycles. The summed E-state index contributed by atoms with van der Waals surface area (Å²) in [4.78, 5) is 27.0. The van der Waals surface area contributed by atoms with Crippen molar-refractivity contribution in [2.24, 2.45) is 0 Å². The molecule has 0 saturated heterocycles. The monoisotopic (exact) mass is 369 g/mol. The Balaban J connectivity index is 2.20. The van der Waals surface area contributed by atoms with Crippen molar-refractivity contribution in [3.63, 3.8) is 0 Å². The van der Waals surface area contributed by atoms with Crippen LogP contribution >= 0.6 is 27.5 Å². The first-order valence-electron chi connectivity index (χ1n) is 6.26. The third kappa shape index (κ3) is 3.71. The Labute approximate surface area is 135 Å². The number of nitrogens with one attached hydrogen (secondary N) is 2. The van der Waals surface area contributed by atoms with E-state index in [1.807, 2.05) is 0 Å². The topological polar surface area (TPSA) is 71.1 Å². The van der Waals surface area contributed by atoms with Crippen molar-refractivity contribution in [2.75, 3.05) is 13.1 Å². The van der Waals surface area contributed by atoms with E-state index >= 15 is 0 Å². The fourth-order valence-corrected chi connectivity index (χ4v) is 2.51. The molecule has 1 aromatic carbocycles. The molecule has 0 radical (unpaired) electrons. The van der Waals surface area contributed by atoms with Crippen molar-refractivity contribution in [1.82, 2.24) is 15.6 Å². The third-order valence-electron chi connectivity index (χ3n) is 2.83. The van der Waals surface area contributed by atoms with Gasteiger partial charge < -0.3 is 10.6 Å². The van der Waals surface area contributed by atoms with Gasteiger partial charge in [0.1, 0.15) is 5.69 Å². The third-order valence-corrected chi connectivity index (χ3v) is 4.23. The van der Waals surface area contributed by atoms with E-state index in [4.69, 9.17) is 11.6 Å². The van der Waals surface area contributed by atoms with Gasteiger partial charge in [-0.25, -0.2) is 0 Å². The van der Waals surface area contributed by atoms with E-state index in [1.54, 1.807) is 24.4 Å². The number of pyridine rings is 1. The van der Waals surface area contributed by atoms with Gasteiger partial charge in [0, 0.05) is 41.5 Å². The molecule has 0 aliphatic heterocycles. The minimum atomic E-state index is -0.292. The van der Waals surface area contributed by atoms with Gasteiger partial charge in [0.15, 0.2) is 0 Å². The van der Waals surface area contributed by atoms with Gasteiger partial charge in [0.2, 0.25) is 5.91 Å². The number of amides is 2. The summed E-state index contributed by atoms with van der Waals surface area (Å²) in [5.41, 5.74) is 0.327. The number of benzene rings is 1. The van der Waals surface area contributed by atoms with Gasteiger partial charge in [-0.3, -0.25) is 14.6 Å². The molecule has 0 bridgehead atoms. The Bertz CT molecular complexity index is 706. The number of carbonyl (C=O) groups is 2. The first kappa shape index (κ1) is 15.7. The van der Waals surface area contributed by atoms with Gasteiger partial charge in [-0.1, -0.05) is 17.7 Å². The molecule has 2 aromatic rings. The average Bonchev–Trinajstić information content (AvgIpc) is 2.46. The second-order valence-corrected chi connectivity index (χ2v) is 5.56. The van der Waals surface area contributed by atoms with Crippen LogP contribution in [0.5, 0.6) is 0 Å². The van der Waals surface area contributed by atoms with Crippen LogP contribution in [0, 0.1) is 0 Å². The fraction of sp³-hybridized carbons (Fsp3) is 0.214. The Morgan fingerprint density at radius 1 is 1.19 bits per heavy atom. The smallest absolute Gasteiger partial charge is 0.270 e. The molecule has 7 heteroatoms. The van der Waals surface area contributed by atoms with Crippen molar-refractivity contribution in [3.05, 3.63) is 39.6 Å². The maximum absolute atomic E-state index is 12.2. The summed E-state index contributed by atoms with van der Waals surface area (Å²) >= 11 is 9.45. The van der Waals surface area contributed by atoms with Crippen LogP contribution in [0.4, 0.5) is 0 Å². The molecule has 0 spiro atoms. The number of nitrogens with zero attached hydrogens (tertiary/aromatic N) is 1. The molecule has 5 nitrogen and oxygen atoms in total. The zero-order valence-corrected chi connectivity index (χ0v) is 13.6. The van der Waals surface area contributed by atoms with Crippen LogP contribution in [0.15, 0.2) is 28.9 Å². The summed E-state index contributed by atoms with van der Waals surface area (Å²) < 4.78 is 0.733. The maximum Gasteiger partial charge on any atom is 0.270 e. The highest BCUT2D eigenvalue weighted by Crippen LogP contribution is 2.31. The van der Waals surface area contributed by atoms with Crippen LogP contribution in [0.1, 0.15) is 17.4 Å². The van der Waals surface area contributed by atoms with Gasteiger partial charge in [0.25, 0.3) is 5.91 Å². The molecule has 21 heavy (non-hydrogen) atoms. The molecule has 2 N–H and O–H groups in total. The minimum Gasteiger partial charge on any atom is -0.355 e. The van der Waals surface area contributed by atoms with Crippen LogP contribution in [0.3, 0.4) is 0 Å². The lowest BCUT2D eigenvalue weighted by Crippen LogP contribution is -2.34. The second kappa shape index (κ2) is 6.87. The summed E-state index contributed by atoms with van der Waals surface area (Å²) in [5.74, 6) is -0.425. The van der Waals surface area contributed by atoms with E-state index in [0.29, 0.717) is 29.2 Å². The van der Waals surface area contributed by atoms with Crippen LogP contribution in [0.2, 0.25) is 5.02 Å². The minimum absolute atomic E-state index is 0.133. The lowest BCUT2D eigenvalue weighted by Gasteiger charge is -2.09. The van der Waals surface area contributed by atoms with Crippen molar-refractivity contribution in [3.8, 4) is 0 Å². The molecule has 2 rings (SSSR count). The van der Waals surface area contributed by atoms with Gasteiger partial charge >= 0.3 is 0 Å². The Hall–Kier alpha value is -1.66. The molecule has 0 atom stereocenters. The number of carbonyl (C=O) groups excluding carboxylic acids is 2. The van der Waals surface area contributed by atoms with Crippen molar-refractivity contribution < 1.29 is 9.59 Å². The van der Waals surface area contributed by atoms with E-state index in [1.165, 1.54) is 6.92 Å². The van der Waals surface area contributed by atoms with E-state index < -0.39 is 0 Å². The van der Waals surface area contributed by atoms with Gasteiger partial charge in [-0.15, -0.1) is 0 Å². The summed E-state index contributed by atoms with van der Waals surface area (Å²) in [6.45, 7) is 2.14. The van der Waals surface area contributed by atoms with E-state index in [-0.39, 0.29) is 11.8 Å². The number of hydrogen-bond donors (Lipinski definition) is 2. The zero-order chi connectivity index (χ0) is 15.4. The lowest BCUT2D eigenvalue weighted by atomic mass is 10.1. The average molecular weight is 371 g/mol. The standard InChI is InChI=1S/C14H13BrClN3O2/c1-8(20)17-6-7-19-14(21)13-10-2-3-11(16)12(15)9(10)4-5-18-13/h2-5H,6-7H2,1H3,(H,17,20)(H,19,21). The van der Waals surface area contributed by atoms with Crippen molar-refractivity contribution >= 4 is 50.1 Å². The Kier molecular flexibility index (Phi) is 5.14. The molecule has 0 fully saturated rings. The van der Waals surface area contributed by atoms with E-state index in [9.17, 15) is 9.59 Å². The number of rotatable bonds is 4. The zero-order valence-electron chi connectivity index (χ0n) is 11.2. The summed E-state index contributed by atoms with van der Waals surface area (Å²) in [6.07, 6.45) is 1.56. The number of hydrogen-bond acceptors (Lipinski definition) is 3. The summed E-state index contributed by atoms with van der Waals surface area (Å²) in [7, 11) is 0. The summed E-state index contributed by atoms with van der Waals surface area (Å²) in [5, 5.41) is 7.44. The lowest BCUT2D eigenvalue weighted by molar-refractivity contribution is -0.118. The molecule has 0 aliphatic carbocycles. The van der Waals surface area contributed by atoms with E-state index in [0.717, 1.165) is 9.86 Å². The summed E-state index contributed by atoms with van der Waals surface area (Å²) in [6, 6.07) is 5.27. The van der Waals surface area contributed by atoms with Crippen LogP contribution in [-0.4, -0.2) is 29.9 Å². The molecular formula is C14H13BrClN3O2. The predicted molar refractivity (Wildman–Crippen MR) is 85.5 cm³/mol. The van der Waals surface area contributed by atoms with Crippen LogP contribution < -0.4 is 10.6 Å². The molecule has 0 saturated carbocycles. The Morgan fingerprint density at radius 3 is 2.62 bits per heavy atom. The molecule has 110 valence electrons. The first-order valence-corrected chi connectivity index (χ1v) is 7.43. The SMILES string of the molecule is CC(=O)NCCNC(=O)c1nccc2c(Br)c(Cl)ccc12. The fourth-order valence-electron chi connectivity index (χ4n) is 1.87. The number of aromatic nitrogens is 1. The van der Waals surface area contributed by atoms with Crippen LogP contribution in [0.25, 0.3) is 10.8 Å². The number of fused-ring (bicyclic) bond motifs is 1. The largest absolute Gasteiger partial charge is 0.355 e. The second-order valence-electron chi connectivity index (χ2n) is 4.35.